The molecule has 1 fully saturated rings. The number of nitrogens with one attached hydrogen (secondary N) is 1. The number of thiophene rings is 1. The molecule has 3 nitrogen and oxygen atoms in total. The van der Waals surface area contributed by atoms with E-state index in [1.165, 1.54) is 55.5 Å². The van der Waals surface area contributed by atoms with Crippen molar-refractivity contribution in [3.63, 3.8) is 0 Å². The molecule has 25 heavy (non-hydrogen) atoms. The fourth-order valence-electron chi connectivity index (χ4n) is 3.37. The van der Waals surface area contributed by atoms with Gasteiger partial charge in [-0.1, -0.05) is 37.1 Å². The number of amides is 1. The van der Waals surface area contributed by atoms with E-state index in [9.17, 15) is 4.79 Å². The number of hydrogen-bond donors (Lipinski definition) is 1. The average Bonchev–Trinajstić information content (AvgIpc) is 3.02. The van der Waals surface area contributed by atoms with Crippen molar-refractivity contribution >= 4 is 17.2 Å². The van der Waals surface area contributed by atoms with Gasteiger partial charge >= 0.3 is 0 Å². The lowest BCUT2D eigenvalue weighted by molar-refractivity contribution is -0.121. The van der Waals surface area contributed by atoms with Crippen molar-refractivity contribution in [3.8, 4) is 0 Å². The summed E-state index contributed by atoms with van der Waals surface area (Å²) in [4.78, 5) is 14.6. The van der Waals surface area contributed by atoms with E-state index in [1.54, 1.807) is 11.3 Å². The first-order valence-corrected chi connectivity index (χ1v) is 10.3. The Bertz CT molecular complexity index is 646. The van der Waals surface area contributed by atoms with Crippen LogP contribution in [0.3, 0.4) is 0 Å². The number of carbonyl (C=O) groups is 1. The molecule has 1 saturated heterocycles. The Kier molecular flexibility index (Phi) is 7.07. The van der Waals surface area contributed by atoms with Gasteiger partial charge in [-0.3, -0.25) is 9.69 Å². The number of carbonyl (C=O) groups excluding carboxylic acids is 1. The number of likely N-dealkylation sites (tertiary alicyclic amines) is 1. The first-order valence-electron chi connectivity index (χ1n) is 9.37. The Morgan fingerprint density at radius 1 is 1.04 bits per heavy atom. The summed E-state index contributed by atoms with van der Waals surface area (Å²) in [5.74, 6) is 0.129. The summed E-state index contributed by atoms with van der Waals surface area (Å²) in [6, 6.07) is 10.7. The maximum Gasteiger partial charge on any atom is 0.220 e. The van der Waals surface area contributed by atoms with Crippen molar-refractivity contribution in [3.05, 3.63) is 57.8 Å². The molecule has 2 aromatic rings. The first kappa shape index (κ1) is 18.2. The number of hydrogen-bond acceptors (Lipinski definition) is 3. The summed E-state index contributed by atoms with van der Waals surface area (Å²) < 4.78 is 0. The first-order chi connectivity index (χ1) is 12.3. The minimum Gasteiger partial charge on any atom is -0.352 e. The normalized spacial score (nSPS) is 15.7. The van der Waals surface area contributed by atoms with Gasteiger partial charge in [-0.05, 0) is 65.9 Å². The third-order valence-corrected chi connectivity index (χ3v) is 5.54. The molecule has 2 heterocycles. The van der Waals surface area contributed by atoms with E-state index in [1.807, 2.05) is 0 Å². The lowest BCUT2D eigenvalue weighted by atomic mass is 10.1. The Morgan fingerprint density at radius 3 is 2.60 bits per heavy atom. The highest BCUT2D eigenvalue weighted by Gasteiger charge is 2.10. The third kappa shape index (κ3) is 6.29. The Labute approximate surface area is 155 Å². The molecule has 0 spiro atoms. The topological polar surface area (TPSA) is 32.3 Å². The molecule has 1 aliphatic heterocycles. The molecule has 134 valence electrons. The second-order valence-corrected chi connectivity index (χ2v) is 7.70. The van der Waals surface area contributed by atoms with Gasteiger partial charge in [0.2, 0.25) is 5.91 Å². The van der Waals surface area contributed by atoms with E-state index in [2.05, 4.69) is 51.3 Å². The van der Waals surface area contributed by atoms with E-state index in [0.717, 1.165) is 13.0 Å². The minimum absolute atomic E-state index is 0.129. The largest absolute Gasteiger partial charge is 0.352 e. The highest BCUT2D eigenvalue weighted by atomic mass is 32.1. The van der Waals surface area contributed by atoms with Crippen molar-refractivity contribution in [1.82, 2.24) is 10.2 Å². The molecule has 0 aliphatic carbocycles. The Balaban J connectivity index is 1.45. The monoisotopic (exact) mass is 356 g/mol. The van der Waals surface area contributed by atoms with E-state index in [0.29, 0.717) is 13.0 Å². The van der Waals surface area contributed by atoms with Crippen LogP contribution < -0.4 is 5.32 Å². The molecule has 0 bridgehead atoms. The van der Waals surface area contributed by atoms with Gasteiger partial charge in [0.15, 0.2) is 0 Å². The van der Waals surface area contributed by atoms with Crippen molar-refractivity contribution in [2.45, 2.75) is 51.6 Å². The quantitative estimate of drug-likeness (QED) is 0.799. The van der Waals surface area contributed by atoms with Crippen LogP contribution in [0.15, 0.2) is 41.1 Å². The fraction of sp³-hybridized carbons (Fsp3) is 0.476. The SMILES string of the molecule is O=C(CCc1ccsc1)NCc1cccc(CN2CCCCCC2)c1. The van der Waals surface area contributed by atoms with Crippen LogP contribution in [0.1, 0.15) is 48.8 Å². The van der Waals surface area contributed by atoms with Gasteiger partial charge in [0, 0.05) is 19.5 Å². The number of nitrogens with zero attached hydrogens (tertiary/aromatic N) is 1. The van der Waals surface area contributed by atoms with Crippen molar-refractivity contribution in [1.29, 1.82) is 0 Å². The highest BCUT2D eigenvalue weighted by Crippen LogP contribution is 2.14. The van der Waals surface area contributed by atoms with Gasteiger partial charge in [0.25, 0.3) is 0 Å². The lowest BCUT2D eigenvalue weighted by Crippen LogP contribution is -2.24. The number of aryl methyl sites for hydroxylation is 1. The molecule has 1 N–H and O–H groups in total. The summed E-state index contributed by atoms with van der Waals surface area (Å²) in [5, 5.41) is 7.22. The zero-order valence-corrected chi connectivity index (χ0v) is 15.7. The molecular formula is C21H28N2OS. The number of rotatable bonds is 7. The van der Waals surface area contributed by atoms with E-state index in [-0.39, 0.29) is 5.91 Å². The zero-order chi connectivity index (χ0) is 17.3. The van der Waals surface area contributed by atoms with Crippen LogP contribution in [-0.4, -0.2) is 23.9 Å². The molecule has 0 saturated carbocycles. The van der Waals surface area contributed by atoms with Crippen LogP contribution in [0.25, 0.3) is 0 Å². The van der Waals surface area contributed by atoms with Crippen LogP contribution in [0.5, 0.6) is 0 Å². The van der Waals surface area contributed by atoms with Gasteiger partial charge in [0.1, 0.15) is 0 Å². The fourth-order valence-corrected chi connectivity index (χ4v) is 4.08. The predicted octanol–water partition coefficient (Wildman–Crippen LogP) is 4.37. The molecule has 1 aliphatic rings. The molecule has 1 aromatic carbocycles. The predicted molar refractivity (Wildman–Crippen MR) is 105 cm³/mol. The smallest absolute Gasteiger partial charge is 0.220 e. The van der Waals surface area contributed by atoms with E-state index >= 15 is 0 Å². The van der Waals surface area contributed by atoms with Gasteiger partial charge in [0.05, 0.1) is 0 Å². The van der Waals surface area contributed by atoms with Crippen LogP contribution in [0, 0.1) is 0 Å². The molecule has 1 aromatic heterocycles. The Morgan fingerprint density at radius 2 is 1.84 bits per heavy atom. The average molecular weight is 357 g/mol. The maximum absolute atomic E-state index is 12.0. The molecular weight excluding hydrogens is 328 g/mol. The van der Waals surface area contributed by atoms with Gasteiger partial charge in [-0.15, -0.1) is 0 Å². The maximum atomic E-state index is 12.0. The van der Waals surface area contributed by atoms with E-state index in [4.69, 9.17) is 0 Å². The third-order valence-electron chi connectivity index (χ3n) is 4.81. The molecule has 0 atom stereocenters. The van der Waals surface area contributed by atoms with E-state index < -0.39 is 0 Å². The van der Waals surface area contributed by atoms with Crippen LogP contribution in [-0.2, 0) is 24.3 Å². The number of benzene rings is 1. The molecule has 0 radical (unpaired) electrons. The summed E-state index contributed by atoms with van der Waals surface area (Å²) in [6.07, 6.45) is 6.76. The summed E-state index contributed by atoms with van der Waals surface area (Å²) >= 11 is 1.68. The van der Waals surface area contributed by atoms with Gasteiger partial charge in [-0.25, -0.2) is 0 Å². The second kappa shape index (κ2) is 9.73. The highest BCUT2D eigenvalue weighted by molar-refractivity contribution is 7.07. The van der Waals surface area contributed by atoms with Crippen LogP contribution in [0.2, 0.25) is 0 Å². The zero-order valence-electron chi connectivity index (χ0n) is 14.9. The Hall–Kier alpha value is -1.65. The summed E-state index contributed by atoms with van der Waals surface area (Å²) in [7, 11) is 0. The summed E-state index contributed by atoms with van der Waals surface area (Å²) in [5.41, 5.74) is 3.79. The second-order valence-electron chi connectivity index (χ2n) is 6.92. The van der Waals surface area contributed by atoms with Crippen LogP contribution in [0.4, 0.5) is 0 Å². The van der Waals surface area contributed by atoms with Crippen molar-refractivity contribution in [2.24, 2.45) is 0 Å². The van der Waals surface area contributed by atoms with Crippen molar-refractivity contribution < 1.29 is 4.79 Å². The molecule has 4 heteroatoms. The van der Waals surface area contributed by atoms with Crippen LogP contribution >= 0.6 is 11.3 Å². The standard InChI is InChI=1S/C21H28N2OS/c24-21(9-8-18-10-13-25-17-18)22-15-19-6-5-7-20(14-19)16-23-11-3-1-2-4-12-23/h5-7,10,13-14,17H,1-4,8-9,11-12,15-16H2,(H,22,24). The summed E-state index contributed by atoms with van der Waals surface area (Å²) in [6.45, 7) is 4.07. The molecule has 1 amide bonds. The minimum atomic E-state index is 0.129. The van der Waals surface area contributed by atoms with Gasteiger partial charge in [-0.2, -0.15) is 11.3 Å². The lowest BCUT2D eigenvalue weighted by Gasteiger charge is -2.20. The van der Waals surface area contributed by atoms with Gasteiger partial charge < -0.3 is 5.32 Å². The van der Waals surface area contributed by atoms with Crippen molar-refractivity contribution in [2.75, 3.05) is 13.1 Å². The molecule has 3 rings (SSSR count). The molecule has 0 unspecified atom stereocenters.